The van der Waals surface area contributed by atoms with Gasteiger partial charge in [0.2, 0.25) is 5.91 Å². The molecule has 0 aliphatic carbocycles. The number of rotatable bonds is 6. The van der Waals surface area contributed by atoms with Crippen molar-refractivity contribution in [2.45, 2.75) is 32.4 Å². The van der Waals surface area contributed by atoms with Crippen molar-refractivity contribution in [3.8, 4) is 11.5 Å². The zero-order valence-electron chi connectivity index (χ0n) is 11.9. The van der Waals surface area contributed by atoms with Crippen LogP contribution in [0.2, 0.25) is 0 Å². The minimum absolute atomic E-state index is 0.0339. The molecule has 1 N–H and O–H groups in total. The van der Waals surface area contributed by atoms with E-state index in [1.165, 1.54) is 0 Å². The van der Waals surface area contributed by atoms with E-state index in [4.69, 9.17) is 14.2 Å². The van der Waals surface area contributed by atoms with E-state index in [1.54, 1.807) is 0 Å². The van der Waals surface area contributed by atoms with Crippen LogP contribution in [-0.2, 0) is 9.53 Å². The van der Waals surface area contributed by atoms with Gasteiger partial charge in [0, 0.05) is 13.0 Å². The molecule has 0 spiro atoms. The van der Waals surface area contributed by atoms with Crippen LogP contribution in [0.4, 0.5) is 0 Å². The van der Waals surface area contributed by atoms with Crippen molar-refractivity contribution in [3.05, 3.63) is 24.3 Å². The Morgan fingerprint density at radius 1 is 1.45 bits per heavy atom. The van der Waals surface area contributed by atoms with Crippen molar-refractivity contribution in [1.29, 1.82) is 0 Å². The average molecular weight is 279 g/mol. The van der Waals surface area contributed by atoms with E-state index in [1.807, 2.05) is 38.1 Å². The second-order valence-corrected chi connectivity index (χ2v) is 4.72. The second kappa shape index (κ2) is 7.14. The van der Waals surface area contributed by atoms with E-state index < -0.39 is 0 Å². The Morgan fingerprint density at radius 2 is 2.20 bits per heavy atom. The van der Waals surface area contributed by atoms with Crippen molar-refractivity contribution in [1.82, 2.24) is 5.32 Å². The molecule has 0 aromatic heterocycles. The van der Waals surface area contributed by atoms with Crippen LogP contribution < -0.4 is 14.8 Å². The van der Waals surface area contributed by atoms with Gasteiger partial charge >= 0.3 is 0 Å². The second-order valence-electron chi connectivity index (χ2n) is 4.72. The van der Waals surface area contributed by atoms with Gasteiger partial charge in [0.1, 0.15) is 6.61 Å². The molecule has 20 heavy (non-hydrogen) atoms. The summed E-state index contributed by atoms with van der Waals surface area (Å²) >= 11 is 0. The van der Waals surface area contributed by atoms with Crippen LogP contribution in [0.3, 0.4) is 0 Å². The summed E-state index contributed by atoms with van der Waals surface area (Å²) in [6.45, 7) is 5.33. The highest BCUT2D eigenvalue weighted by molar-refractivity contribution is 5.76. The number of amides is 1. The highest BCUT2D eigenvalue weighted by Gasteiger charge is 2.26. The molecule has 1 aromatic rings. The highest BCUT2D eigenvalue weighted by Crippen LogP contribution is 2.31. The predicted octanol–water partition coefficient (Wildman–Crippen LogP) is 1.76. The summed E-state index contributed by atoms with van der Waals surface area (Å²) in [6, 6.07) is 7.43. The van der Waals surface area contributed by atoms with Crippen molar-refractivity contribution in [2.75, 3.05) is 19.8 Å². The molecule has 2 atom stereocenters. The maximum absolute atomic E-state index is 11.7. The number of ether oxygens (including phenoxy) is 3. The highest BCUT2D eigenvalue weighted by atomic mass is 16.6. The fourth-order valence-electron chi connectivity index (χ4n) is 2.01. The van der Waals surface area contributed by atoms with E-state index in [0.29, 0.717) is 26.2 Å². The molecular weight excluding hydrogens is 258 g/mol. The molecule has 0 radical (unpaired) electrons. The van der Waals surface area contributed by atoms with Crippen LogP contribution in [-0.4, -0.2) is 37.9 Å². The standard InChI is InChI=1S/C15H21NO4/c1-3-18-9-8-15(17)16-11(2)14-10-19-12-6-4-5-7-13(12)20-14/h4-7,11,14H,3,8-10H2,1-2H3,(H,16,17). The lowest BCUT2D eigenvalue weighted by molar-refractivity contribution is -0.123. The molecule has 0 bridgehead atoms. The van der Waals surface area contributed by atoms with Gasteiger partial charge in [-0.3, -0.25) is 4.79 Å². The average Bonchev–Trinajstić information content (AvgIpc) is 2.47. The topological polar surface area (TPSA) is 56.8 Å². The van der Waals surface area contributed by atoms with Crippen LogP contribution in [0.25, 0.3) is 0 Å². The van der Waals surface area contributed by atoms with E-state index >= 15 is 0 Å². The molecule has 110 valence electrons. The number of carbonyl (C=O) groups is 1. The summed E-state index contributed by atoms with van der Waals surface area (Å²) in [4.78, 5) is 11.7. The molecule has 1 amide bonds. The summed E-state index contributed by atoms with van der Waals surface area (Å²) in [5.74, 6) is 1.44. The molecule has 0 saturated heterocycles. The lowest BCUT2D eigenvalue weighted by Crippen LogP contribution is -2.48. The fourth-order valence-corrected chi connectivity index (χ4v) is 2.01. The van der Waals surface area contributed by atoms with Crippen LogP contribution in [0.1, 0.15) is 20.3 Å². The minimum Gasteiger partial charge on any atom is -0.486 e. The zero-order chi connectivity index (χ0) is 14.4. The number of hydrogen-bond acceptors (Lipinski definition) is 4. The van der Waals surface area contributed by atoms with Gasteiger partial charge in [0.15, 0.2) is 17.6 Å². The maximum Gasteiger partial charge on any atom is 0.222 e. The molecule has 1 aliphatic heterocycles. The van der Waals surface area contributed by atoms with Gasteiger partial charge in [-0.2, -0.15) is 0 Å². The SMILES string of the molecule is CCOCCC(=O)NC(C)C1COc2ccccc2O1. The molecule has 2 rings (SSSR count). The molecule has 0 saturated carbocycles. The van der Waals surface area contributed by atoms with Gasteiger partial charge in [-0.15, -0.1) is 0 Å². The number of nitrogens with one attached hydrogen (secondary N) is 1. The van der Waals surface area contributed by atoms with Gasteiger partial charge in [0.05, 0.1) is 12.6 Å². The first kappa shape index (κ1) is 14.7. The van der Waals surface area contributed by atoms with Crippen LogP contribution in [0.5, 0.6) is 11.5 Å². The normalized spacial score (nSPS) is 18.4. The first-order valence-corrected chi connectivity index (χ1v) is 6.96. The third-order valence-corrected chi connectivity index (χ3v) is 3.15. The third kappa shape index (κ3) is 3.87. The molecule has 5 heteroatoms. The van der Waals surface area contributed by atoms with Crippen molar-refractivity contribution in [3.63, 3.8) is 0 Å². The van der Waals surface area contributed by atoms with Gasteiger partial charge in [0.25, 0.3) is 0 Å². The van der Waals surface area contributed by atoms with Gasteiger partial charge in [-0.05, 0) is 26.0 Å². The third-order valence-electron chi connectivity index (χ3n) is 3.15. The molecule has 1 aromatic carbocycles. The van der Waals surface area contributed by atoms with E-state index in [-0.39, 0.29) is 18.1 Å². The van der Waals surface area contributed by atoms with Gasteiger partial charge < -0.3 is 19.5 Å². The minimum atomic E-state index is -0.180. The van der Waals surface area contributed by atoms with Crippen LogP contribution >= 0.6 is 0 Å². The van der Waals surface area contributed by atoms with Gasteiger partial charge in [-0.1, -0.05) is 12.1 Å². The smallest absolute Gasteiger partial charge is 0.222 e. The number of hydrogen-bond donors (Lipinski definition) is 1. The molecule has 2 unspecified atom stereocenters. The van der Waals surface area contributed by atoms with Crippen LogP contribution in [0.15, 0.2) is 24.3 Å². The van der Waals surface area contributed by atoms with Crippen LogP contribution in [0, 0.1) is 0 Å². The summed E-state index contributed by atoms with van der Waals surface area (Å²) in [7, 11) is 0. The van der Waals surface area contributed by atoms with Gasteiger partial charge in [-0.25, -0.2) is 0 Å². The molecule has 0 fully saturated rings. The molecule has 1 heterocycles. The number of fused-ring (bicyclic) bond motifs is 1. The predicted molar refractivity (Wildman–Crippen MR) is 75.1 cm³/mol. The Bertz CT molecular complexity index is 449. The summed E-state index contributed by atoms with van der Waals surface area (Å²) in [6.07, 6.45) is 0.184. The van der Waals surface area contributed by atoms with E-state index in [0.717, 1.165) is 11.5 Å². The summed E-state index contributed by atoms with van der Waals surface area (Å²) in [5, 5.41) is 2.92. The van der Waals surface area contributed by atoms with Crippen molar-refractivity contribution >= 4 is 5.91 Å². The molecular formula is C15H21NO4. The summed E-state index contributed by atoms with van der Waals surface area (Å²) < 4.78 is 16.6. The number of benzene rings is 1. The van der Waals surface area contributed by atoms with Crippen molar-refractivity contribution in [2.24, 2.45) is 0 Å². The Kier molecular flexibility index (Phi) is 5.24. The number of carbonyl (C=O) groups excluding carboxylic acids is 1. The first-order valence-electron chi connectivity index (χ1n) is 6.96. The summed E-state index contributed by atoms with van der Waals surface area (Å²) in [5.41, 5.74) is 0. The Balaban J connectivity index is 1.82. The lowest BCUT2D eigenvalue weighted by Gasteiger charge is -2.30. The maximum atomic E-state index is 11.7. The largest absolute Gasteiger partial charge is 0.486 e. The number of para-hydroxylation sites is 2. The monoisotopic (exact) mass is 279 g/mol. The Labute approximate surface area is 119 Å². The lowest BCUT2D eigenvalue weighted by atomic mass is 10.1. The first-order chi connectivity index (χ1) is 9.70. The van der Waals surface area contributed by atoms with E-state index in [9.17, 15) is 4.79 Å². The molecule has 1 aliphatic rings. The zero-order valence-corrected chi connectivity index (χ0v) is 11.9. The molecule has 5 nitrogen and oxygen atoms in total. The quantitative estimate of drug-likeness (QED) is 0.806. The van der Waals surface area contributed by atoms with E-state index in [2.05, 4.69) is 5.32 Å². The fraction of sp³-hybridized carbons (Fsp3) is 0.533. The van der Waals surface area contributed by atoms with Crippen molar-refractivity contribution < 1.29 is 19.0 Å². The Hall–Kier alpha value is -1.75. The Morgan fingerprint density at radius 3 is 2.95 bits per heavy atom.